The molecule has 0 amide bonds. The Morgan fingerprint density at radius 3 is 2.67 bits per heavy atom. The Morgan fingerprint density at radius 2 is 2.11 bits per heavy atom. The second kappa shape index (κ2) is 5.95. The molecule has 0 fully saturated rings. The number of hydrogen-bond donors (Lipinski definition) is 1. The summed E-state index contributed by atoms with van der Waals surface area (Å²) in [5.74, 6) is 0.123. The molecule has 1 aromatic carbocycles. The van der Waals surface area contributed by atoms with Crippen LogP contribution in [0.5, 0.6) is 5.75 Å². The predicted molar refractivity (Wildman–Crippen MR) is 65.3 cm³/mol. The normalized spacial score (nSPS) is 12.0. The Bertz CT molecular complexity index is 467. The van der Waals surface area contributed by atoms with Gasteiger partial charge < -0.3 is 5.11 Å². The van der Waals surface area contributed by atoms with Crippen molar-refractivity contribution in [2.24, 2.45) is 0 Å². The van der Waals surface area contributed by atoms with Crippen LogP contribution in [0.4, 0.5) is 13.2 Å². The molecule has 0 saturated carbocycles. The fourth-order valence-electron chi connectivity index (χ4n) is 1.20. The molecule has 0 aliphatic carbocycles. The summed E-state index contributed by atoms with van der Waals surface area (Å²) in [7, 11) is 0. The van der Waals surface area contributed by atoms with Crippen LogP contribution in [0.15, 0.2) is 24.3 Å². The van der Waals surface area contributed by atoms with Gasteiger partial charge in [-0.3, -0.25) is 4.79 Å². The third kappa shape index (κ3) is 4.44. The molecule has 1 rings (SSSR count). The second-order valence-electron chi connectivity index (χ2n) is 3.48. The molecule has 0 saturated heterocycles. The van der Waals surface area contributed by atoms with E-state index in [-0.39, 0.29) is 16.4 Å². The number of rotatable bonds is 3. The molecular formula is C12H11F3O2S. The van der Waals surface area contributed by atoms with Gasteiger partial charge in [-0.1, -0.05) is 23.9 Å². The van der Waals surface area contributed by atoms with Crippen LogP contribution in [0.1, 0.15) is 18.1 Å². The lowest BCUT2D eigenvalue weighted by molar-refractivity contribution is -0.137. The lowest BCUT2D eigenvalue weighted by Gasteiger charge is -2.08. The van der Waals surface area contributed by atoms with Crippen molar-refractivity contribution in [1.29, 1.82) is 0 Å². The highest BCUT2D eigenvalue weighted by atomic mass is 32.2. The molecule has 18 heavy (non-hydrogen) atoms. The summed E-state index contributed by atoms with van der Waals surface area (Å²) in [5.41, 5.74) is -0.742. The van der Waals surface area contributed by atoms with Gasteiger partial charge in [-0.2, -0.15) is 13.2 Å². The molecule has 1 N–H and O–H groups in total. The summed E-state index contributed by atoms with van der Waals surface area (Å²) in [6, 6.07) is 2.68. The van der Waals surface area contributed by atoms with E-state index in [1.54, 1.807) is 0 Å². The molecule has 0 heterocycles. The lowest BCUT2D eigenvalue weighted by Crippen LogP contribution is -2.04. The zero-order valence-corrected chi connectivity index (χ0v) is 10.3. The number of phenols is 1. The van der Waals surface area contributed by atoms with E-state index in [4.69, 9.17) is 0 Å². The number of benzene rings is 1. The van der Waals surface area contributed by atoms with E-state index in [2.05, 4.69) is 0 Å². The number of carbonyl (C=O) groups excluding carboxylic acids is 1. The van der Waals surface area contributed by atoms with Crippen LogP contribution < -0.4 is 0 Å². The van der Waals surface area contributed by atoms with Crippen molar-refractivity contribution >= 4 is 23.0 Å². The van der Waals surface area contributed by atoms with Crippen LogP contribution in [-0.4, -0.2) is 16.0 Å². The summed E-state index contributed by atoms with van der Waals surface area (Å²) < 4.78 is 37.3. The molecule has 98 valence electrons. The van der Waals surface area contributed by atoms with Crippen molar-refractivity contribution in [2.45, 2.75) is 13.1 Å². The fourth-order valence-corrected chi connectivity index (χ4v) is 1.63. The van der Waals surface area contributed by atoms with E-state index in [0.717, 1.165) is 30.0 Å². The third-order valence-corrected chi connectivity index (χ3v) is 2.80. The molecule has 0 unspecified atom stereocenters. The summed E-state index contributed by atoms with van der Waals surface area (Å²) in [6.07, 6.45) is -1.55. The number of hydrogen-bond acceptors (Lipinski definition) is 3. The zero-order valence-electron chi connectivity index (χ0n) is 9.49. The number of alkyl halides is 3. The van der Waals surface area contributed by atoms with Gasteiger partial charge in [0.2, 0.25) is 0 Å². The summed E-state index contributed by atoms with van der Waals surface area (Å²) >= 11 is 1.04. The highest BCUT2D eigenvalue weighted by Crippen LogP contribution is 2.32. The monoisotopic (exact) mass is 276 g/mol. The topological polar surface area (TPSA) is 37.3 Å². The molecule has 0 aliphatic heterocycles. The minimum Gasteiger partial charge on any atom is -0.507 e. The van der Waals surface area contributed by atoms with Crippen molar-refractivity contribution in [3.63, 3.8) is 0 Å². The molecule has 1 aromatic rings. The van der Waals surface area contributed by atoms with Gasteiger partial charge in [-0.15, -0.1) is 0 Å². The van der Waals surface area contributed by atoms with Crippen LogP contribution in [0.3, 0.4) is 0 Å². The summed E-state index contributed by atoms with van der Waals surface area (Å²) in [6.45, 7) is 1.40. The Kier molecular flexibility index (Phi) is 4.84. The number of thioether (sulfide) groups is 1. The SMILES string of the molecule is CC(=O)SCC=Cc1cc(C(F)(F)F)ccc1O. The first kappa shape index (κ1) is 14.6. The average Bonchev–Trinajstić information content (AvgIpc) is 2.24. The maximum Gasteiger partial charge on any atom is 0.416 e. The van der Waals surface area contributed by atoms with E-state index in [1.807, 2.05) is 0 Å². The molecule has 0 atom stereocenters. The van der Waals surface area contributed by atoms with Crippen molar-refractivity contribution in [1.82, 2.24) is 0 Å². The molecule has 6 heteroatoms. The summed E-state index contributed by atoms with van der Waals surface area (Å²) in [5, 5.41) is 9.34. The standard InChI is InChI=1S/C12H11F3O2S/c1-8(16)18-6-2-3-9-7-10(12(13,14)15)4-5-11(9)17/h2-5,7,17H,6H2,1H3. The molecule has 0 aromatic heterocycles. The van der Waals surface area contributed by atoms with E-state index in [0.29, 0.717) is 5.75 Å². The van der Waals surface area contributed by atoms with E-state index in [9.17, 15) is 23.1 Å². The van der Waals surface area contributed by atoms with E-state index >= 15 is 0 Å². The van der Waals surface area contributed by atoms with Crippen LogP contribution >= 0.6 is 11.8 Å². The Balaban J connectivity index is 2.85. The molecule has 0 aliphatic rings. The number of carbonyl (C=O) groups is 1. The molecule has 2 nitrogen and oxygen atoms in total. The van der Waals surface area contributed by atoms with Gasteiger partial charge in [0.25, 0.3) is 0 Å². The van der Waals surface area contributed by atoms with Gasteiger partial charge in [0, 0.05) is 18.2 Å². The van der Waals surface area contributed by atoms with Gasteiger partial charge in [0.05, 0.1) is 5.56 Å². The Labute approximate surface area is 107 Å². The van der Waals surface area contributed by atoms with Gasteiger partial charge >= 0.3 is 6.18 Å². The highest BCUT2D eigenvalue weighted by Gasteiger charge is 2.30. The molecule has 0 radical (unpaired) electrons. The Morgan fingerprint density at radius 1 is 1.44 bits per heavy atom. The van der Waals surface area contributed by atoms with Gasteiger partial charge in [0.1, 0.15) is 5.75 Å². The maximum absolute atomic E-state index is 12.4. The largest absolute Gasteiger partial charge is 0.507 e. The van der Waals surface area contributed by atoms with Crippen LogP contribution in [0, 0.1) is 0 Å². The molecule has 0 bridgehead atoms. The van der Waals surface area contributed by atoms with Crippen molar-refractivity contribution in [3.05, 3.63) is 35.4 Å². The number of halogens is 3. The highest BCUT2D eigenvalue weighted by molar-refractivity contribution is 8.13. The summed E-state index contributed by atoms with van der Waals surface area (Å²) in [4.78, 5) is 10.6. The van der Waals surface area contributed by atoms with Crippen molar-refractivity contribution in [2.75, 3.05) is 5.75 Å². The minimum absolute atomic E-state index is 0.0760. The predicted octanol–water partition coefficient (Wildman–Crippen LogP) is 3.70. The quantitative estimate of drug-likeness (QED) is 0.914. The average molecular weight is 276 g/mol. The van der Waals surface area contributed by atoms with Gasteiger partial charge in [-0.05, 0) is 18.2 Å². The molecule has 0 spiro atoms. The first-order valence-corrected chi connectivity index (χ1v) is 5.99. The first-order valence-electron chi connectivity index (χ1n) is 5.01. The van der Waals surface area contributed by atoms with Gasteiger partial charge in [-0.25, -0.2) is 0 Å². The van der Waals surface area contributed by atoms with Crippen LogP contribution in [0.2, 0.25) is 0 Å². The van der Waals surface area contributed by atoms with Crippen molar-refractivity contribution in [3.8, 4) is 5.75 Å². The van der Waals surface area contributed by atoms with Crippen LogP contribution in [-0.2, 0) is 11.0 Å². The van der Waals surface area contributed by atoms with Crippen molar-refractivity contribution < 1.29 is 23.1 Å². The van der Waals surface area contributed by atoms with E-state index < -0.39 is 11.7 Å². The minimum atomic E-state index is -4.44. The maximum atomic E-state index is 12.4. The smallest absolute Gasteiger partial charge is 0.416 e. The second-order valence-corrected chi connectivity index (χ2v) is 4.67. The molecular weight excluding hydrogens is 265 g/mol. The fraction of sp³-hybridized carbons (Fsp3) is 0.250. The van der Waals surface area contributed by atoms with Gasteiger partial charge in [0.15, 0.2) is 5.12 Å². The third-order valence-electron chi connectivity index (χ3n) is 2.04. The lowest BCUT2D eigenvalue weighted by atomic mass is 10.1. The Hall–Kier alpha value is -1.43. The zero-order chi connectivity index (χ0) is 13.8. The van der Waals surface area contributed by atoms with Crippen LogP contribution in [0.25, 0.3) is 6.08 Å². The first-order chi connectivity index (χ1) is 8.30. The number of phenolic OH excluding ortho intramolecular Hbond substituents is 1. The van der Waals surface area contributed by atoms with E-state index in [1.165, 1.54) is 19.1 Å². The number of aromatic hydroxyl groups is 1.